The molecule has 2 N–H and O–H groups in total. The lowest BCUT2D eigenvalue weighted by Gasteiger charge is -2.30. The van der Waals surface area contributed by atoms with Gasteiger partial charge in [0.25, 0.3) is 0 Å². The zero-order chi connectivity index (χ0) is 15.8. The van der Waals surface area contributed by atoms with Gasteiger partial charge >= 0.3 is 0 Å². The number of aromatic nitrogens is 4. The maximum atomic E-state index is 9.78. The second-order valence-electron chi connectivity index (χ2n) is 6.42. The third kappa shape index (κ3) is 2.42. The van der Waals surface area contributed by atoms with Crippen molar-refractivity contribution in [2.45, 2.75) is 38.3 Å². The van der Waals surface area contributed by atoms with Crippen LogP contribution in [0.2, 0.25) is 0 Å². The van der Waals surface area contributed by atoms with E-state index in [4.69, 9.17) is 4.74 Å². The molecule has 6 nitrogen and oxygen atoms in total. The number of rotatable bonds is 4. The Bertz CT molecular complexity index is 815. The monoisotopic (exact) mass is 314 g/mol. The number of fused-ring (bicyclic) bond motifs is 3. The lowest BCUT2D eigenvalue weighted by atomic mass is 9.86. The Morgan fingerprint density at radius 1 is 1.35 bits per heavy atom. The van der Waals surface area contributed by atoms with Crippen LogP contribution in [-0.2, 0) is 11.3 Å². The van der Waals surface area contributed by atoms with Crippen molar-refractivity contribution in [3.63, 3.8) is 0 Å². The Kier molecular flexibility index (Phi) is 3.79. The van der Waals surface area contributed by atoms with Gasteiger partial charge in [-0.05, 0) is 37.7 Å². The Balaban J connectivity index is 1.77. The second kappa shape index (κ2) is 5.94. The first-order valence-corrected chi connectivity index (χ1v) is 8.24. The summed E-state index contributed by atoms with van der Waals surface area (Å²) in [5.74, 6) is 1.39. The van der Waals surface area contributed by atoms with Gasteiger partial charge in [-0.3, -0.25) is 0 Å². The maximum Gasteiger partial charge on any atom is 0.139 e. The molecule has 1 saturated carbocycles. The number of aliphatic hydroxyl groups is 1. The van der Waals surface area contributed by atoms with Gasteiger partial charge in [0, 0.05) is 31.3 Å². The molecule has 1 fully saturated rings. The zero-order valence-corrected chi connectivity index (χ0v) is 13.3. The molecule has 3 aromatic heterocycles. The molecule has 3 aromatic rings. The van der Waals surface area contributed by atoms with Crippen LogP contribution < -0.4 is 0 Å². The molecule has 0 atom stereocenters. The van der Waals surface area contributed by atoms with Gasteiger partial charge in [-0.25, -0.2) is 9.97 Å². The van der Waals surface area contributed by atoms with Gasteiger partial charge in [-0.15, -0.1) is 0 Å². The predicted molar refractivity (Wildman–Crippen MR) is 88.2 cm³/mol. The van der Waals surface area contributed by atoms with E-state index in [0.29, 0.717) is 12.0 Å². The Labute approximate surface area is 134 Å². The fourth-order valence-corrected chi connectivity index (χ4v) is 3.95. The molecule has 0 unspecified atom stereocenters. The van der Waals surface area contributed by atoms with Crippen LogP contribution in [0.15, 0.2) is 18.5 Å². The van der Waals surface area contributed by atoms with Crippen molar-refractivity contribution < 1.29 is 9.84 Å². The van der Waals surface area contributed by atoms with Crippen LogP contribution in [0.25, 0.3) is 22.1 Å². The summed E-state index contributed by atoms with van der Waals surface area (Å²) in [5.41, 5.74) is 2.83. The molecule has 0 spiro atoms. The van der Waals surface area contributed by atoms with Crippen LogP contribution in [0, 0.1) is 5.92 Å². The van der Waals surface area contributed by atoms with Crippen LogP contribution in [0.4, 0.5) is 0 Å². The van der Waals surface area contributed by atoms with E-state index in [1.54, 1.807) is 13.3 Å². The fourth-order valence-electron chi connectivity index (χ4n) is 3.95. The van der Waals surface area contributed by atoms with Gasteiger partial charge in [-0.1, -0.05) is 0 Å². The molecule has 3 heterocycles. The van der Waals surface area contributed by atoms with E-state index < -0.39 is 0 Å². The molecule has 0 aliphatic heterocycles. The minimum Gasteiger partial charge on any atom is -0.388 e. The van der Waals surface area contributed by atoms with Crippen molar-refractivity contribution in [3.05, 3.63) is 24.3 Å². The number of imidazole rings is 1. The summed E-state index contributed by atoms with van der Waals surface area (Å²) in [5, 5.41) is 10.9. The number of ether oxygens (including phenoxy) is 1. The minimum atomic E-state index is -0.0431. The van der Waals surface area contributed by atoms with E-state index >= 15 is 0 Å². The fraction of sp³-hybridized carbons (Fsp3) is 0.529. The molecule has 6 heteroatoms. The first-order chi connectivity index (χ1) is 11.3. The van der Waals surface area contributed by atoms with Crippen molar-refractivity contribution in [3.8, 4) is 0 Å². The Morgan fingerprint density at radius 2 is 2.17 bits per heavy atom. The van der Waals surface area contributed by atoms with Crippen molar-refractivity contribution in [2.75, 3.05) is 13.7 Å². The Morgan fingerprint density at radius 3 is 2.91 bits per heavy atom. The smallest absolute Gasteiger partial charge is 0.139 e. The van der Waals surface area contributed by atoms with Crippen molar-refractivity contribution in [1.29, 1.82) is 0 Å². The molecule has 0 amide bonds. The van der Waals surface area contributed by atoms with Crippen LogP contribution in [0.5, 0.6) is 0 Å². The normalized spacial score (nSPS) is 22.2. The molecule has 1 aliphatic carbocycles. The SMILES string of the molecule is COC[C@H]1CC[C@H](n2c(CO)nc3cnc4[nH]ccc4c32)CC1. The van der Waals surface area contributed by atoms with E-state index in [1.807, 2.05) is 12.3 Å². The van der Waals surface area contributed by atoms with Gasteiger partial charge in [0.15, 0.2) is 0 Å². The highest BCUT2D eigenvalue weighted by Crippen LogP contribution is 2.36. The first-order valence-electron chi connectivity index (χ1n) is 8.24. The van der Waals surface area contributed by atoms with Gasteiger partial charge in [0.1, 0.15) is 23.6 Å². The van der Waals surface area contributed by atoms with Crippen molar-refractivity contribution in [1.82, 2.24) is 19.5 Å². The number of hydrogen-bond acceptors (Lipinski definition) is 4. The Hall–Kier alpha value is -1.92. The summed E-state index contributed by atoms with van der Waals surface area (Å²) >= 11 is 0. The third-order valence-corrected chi connectivity index (χ3v) is 5.03. The summed E-state index contributed by atoms with van der Waals surface area (Å²) in [4.78, 5) is 12.2. The highest BCUT2D eigenvalue weighted by Gasteiger charge is 2.26. The van der Waals surface area contributed by atoms with Gasteiger partial charge in [0.05, 0.1) is 11.7 Å². The summed E-state index contributed by atoms with van der Waals surface area (Å²) in [7, 11) is 1.77. The van der Waals surface area contributed by atoms with Gasteiger partial charge in [0.2, 0.25) is 0 Å². The summed E-state index contributed by atoms with van der Waals surface area (Å²) < 4.78 is 7.54. The zero-order valence-electron chi connectivity index (χ0n) is 13.3. The lowest BCUT2D eigenvalue weighted by Crippen LogP contribution is -2.22. The standard InChI is InChI=1S/C17H22N4O2/c1-23-10-11-2-4-12(5-3-11)21-15(9-22)20-14-8-19-17-13(16(14)21)6-7-18-17/h6-8,11-12,22H,2-5,9-10H2,1H3,(H,18,19)/t11-,12-. The highest BCUT2D eigenvalue weighted by atomic mass is 16.5. The number of H-pyrrole nitrogens is 1. The minimum absolute atomic E-state index is 0.0431. The molecule has 23 heavy (non-hydrogen) atoms. The number of hydrogen-bond donors (Lipinski definition) is 2. The number of aromatic amines is 1. The lowest BCUT2D eigenvalue weighted by molar-refractivity contribution is 0.119. The molecular weight excluding hydrogens is 292 g/mol. The van der Waals surface area contributed by atoms with E-state index in [0.717, 1.165) is 60.2 Å². The molecule has 1 aliphatic rings. The predicted octanol–water partition coefficient (Wildman–Crippen LogP) is 2.78. The number of nitrogens with one attached hydrogen (secondary N) is 1. The quantitative estimate of drug-likeness (QED) is 0.776. The number of aliphatic hydroxyl groups excluding tert-OH is 1. The van der Waals surface area contributed by atoms with Crippen molar-refractivity contribution >= 4 is 22.1 Å². The van der Waals surface area contributed by atoms with E-state index in [9.17, 15) is 5.11 Å². The van der Waals surface area contributed by atoms with E-state index in [-0.39, 0.29) is 6.61 Å². The van der Waals surface area contributed by atoms with Gasteiger partial charge in [-0.2, -0.15) is 0 Å². The molecule has 0 radical (unpaired) electrons. The van der Waals surface area contributed by atoms with Gasteiger partial charge < -0.3 is 19.4 Å². The topological polar surface area (TPSA) is 76.0 Å². The molecular formula is C17H22N4O2. The third-order valence-electron chi connectivity index (χ3n) is 5.03. The van der Waals surface area contributed by atoms with Crippen LogP contribution in [0.3, 0.4) is 0 Å². The second-order valence-corrected chi connectivity index (χ2v) is 6.42. The maximum absolute atomic E-state index is 9.78. The summed E-state index contributed by atoms with van der Waals surface area (Å²) in [6.45, 7) is 0.800. The average molecular weight is 314 g/mol. The van der Waals surface area contributed by atoms with Crippen LogP contribution in [-0.4, -0.2) is 38.3 Å². The van der Waals surface area contributed by atoms with Crippen LogP contribution in [0.1, 0.15) is 37.5 Å². The average Bonchev–Trinajstić information content (AvgIpc) is 3.19. The summed E-state index contributed by atoms with van der Waals surface area (Å²) in [6, 6.07) is 2.43. The highest BCUT2D eigenvalue weighted by molar-refractivity contribution is 6.01. The number of nitrogens with zero attached hydrogens (tertiary/aromatic N) is 3. The molecule has 122 valence electrons. The van der Waals surface area contributed by atoms with Crippen LogP contribution >= 0.6 is 0 Å². The van der Waals surface area contributed by atoms with E-state index in [2.05, 4.69) is 19.5 Å². The molecule has 0 aromatic carbocycles. The van der Waals surface area contributed by atoms with E-state index in [1.165, 1.54) is 0 Å². The largest absolute Gasteiger partial charge is 0.388 e. The molecule has 4 rings (SSSR count). The first kappa shape index (κ1) is 14.7. The molecule has 0 bridgehead atoms. The summed E-state index contributed by atoms with van der Waals surface area (Å²) in [6.07, 6.45) is 8.21. The molecule has 0 saturated heterocycles. The van der Waals surface area contributed by atoms with Crippen molar-refractivity contribution in [2.24, 2.45) is 5.92 Å². The number of pyridine rings is 1. The number of methoxy groups -OCH3 is 1.